The summed E-state index contributed by atoms with van der Waals surface area (Å²) < 4.78 is 12.4. The molecule has 1 saturated heterocycles. The van der Waals surface area contributed by atoms with Gasteiger partial charge in [-0.1, -0.05) is 31.9 Å². The lowest BCUT2D eigenvalue weighted by Gasteiger charge is -2.37. The van der Waals surface area contributed by atoms with Crippen molar-refractivity contribution in [3.05, 3.63) is 0 Å². The second-order valence-corrected chi connectivity index (χ2v) is 8.41. The maximum absolute atomic E-state index is 6.11. The lowest BCUT2D eigenvalue weighted by atomic mass is 9.95. The maximum atomic E-state index is 6.11. The zero-order valence-electron chi connectivity index (χ0n) is 8.66. The maximum Gasteiger partial charge on any atom is 0.187 e. The smallest absolute Gasteiger partial charge is 0.187 e. The highest BCUT2D eigenvalue weighted by molar-refractivity contribution is 9.10. The van der Waals surface area contributed by atoms with Crippen molar-refractivity contribution >= 4 is 31.9 Å². The Labute approximate surface area is 111 Å². The van der Waals surface area contributed by atoms with E-state index in [1.165, 1.54) is 5.33 Å². The van der Waals surface area contributed by atoms with Gasteiger partial charge in [-0.2, -0.15) is 0 Å². The van der Waals surface area contributed by atoms with Gasteiger partial charge in [-0.3, -0.25) is 0 Å². The van der Waals surface area contributed by atoms with Crippen LogP contribution in [0.25, 0.3) is 0 Å². The summed E-state index contributed by atoms with van der Waals surface area (Å²) in [6, 6.07) is 0. The summed E-state index contributed by atoms with van der Waals surface area (Å²) in [4.78, 5) is 0. The molecular formula is C12H12Br2O2. The predicted octanol–water partition coefficient (Wildman–Crippen LogP) is 2.01. The number of rotatable bonds is 1. The van der Waals surface area contributed by atoms with E-state index in [-0.39, 0.29) is 10.1 Å². The van der Waals surface area contributed by atoms with Gasteiger partial charge in [0.1, 0.15) is 0 Å². The second-order valence-electron chi connectivity index (χ2n) is 6.54. The Hall–Kier alpha value is 0.880. The van der Waals surface area contributed by atoms with Gasteiger partial charge >= 0.3 is 0 Å². The number of halogens is 2. The molecule has 7 fully saturated rings. The average Bonchev–Trinajstić information content (AvgIpc) is 2.97. The highest BCUT2D eigenvalue weighted by Crippen LogP contribution is 3.04. The lowest BCUT2D eigenvalue weighted by molar-refractivity contribution is -0.192. The van der Waals surface area contributed by atoms with Crippen molar-refractivity contribution in [2.75, 3.05) is 18.5 Å². The number of hydrogen-bond donors (Lipinski definition) is 0. The van der Waals surface area contributed by atoms with Gasteiger partial charge in [0.2, 0.25) is 0 Å². The van der Waals surface area contributed by atoms with Crippen LogP contribution in [0.2, 0.25) is 0 Å². The van der Waals surface area contributed by atoms with Gasteiger partial charge < -0.3 is 9.47 Å². The van der Waals surface area contributed by atoms with Crippen LogP contribution in [0.4, 0.5) is 0 Å². The van der Waals surface area contributed by atoms with Crippen LogP contribution in [0.15, 0.2) is 0 Å². The number of ether oxygens (including phenoxy) is 2. The van der Waals surface area contributed by atoms with Gasteiger partial charge in [0, 0.05) is 11.2 Å². The standard InChI is InChI=1S/C12H12Br2O2/c13-3-10-5-4-6(5)11(14)9(10)8(10)7(4)12(11)15-1-2-16-12/h4-9H,1-3H2/t4-,5+,6+,7-,8+,9+,10-,11-/m0/s1. The minimum Gasteiger partial charge on any atom is -0.346 e. The van der Waals surface area contributed by atoms with Crippen molar-refractivity contribution in [3.8, 4) is 0 Å². The zero-order chi connectivity index (χ0) is 10.5. The fourth-order valence-electron chi connectivity index (χ4n) is 6.87. The van der Waals surface area contributed by atoms with Gasteiger partial charge in [0.15, 0.2) is 5.79 Å². The Morgan fingerprint density at radius 2 is 1.81 bits per heavy atom. The van der Waals surface area contributed by atoms with Crippen LogP contribution >= 0.6 is 31.9 Å². The van der Waals surface area contributed by atoms with Crippen LogP contribution in [0.3, 0.4) is 0 Å². The van der Waals surface area contributed by atoms with E-state index in [0.717, 1.165) is 42.8 Å². The highest BCUT2D eigenvalue weighted by atomic mass is 79.9. The SMILES string of the molecule is BrC[C@]12[C@@H]3[C@@H]4[C@H]5[C@@H]1[C@H]2[C@@](Br)([C@H]43)C51OCCO1. The van der Waals surface area contributed by atoms with E-state index >= 15 is 0 Å². The zero-order valence-corrected chi connectivity index (χ0v) is 11.8. The van der Waals surface area contributed by atoms with Crippen molar-refractivity contribution in [2.24, 2.45) is 40.9 Å². The fraction of sp³-hybridized carbons (Fsp3) is 1.00. The molecule has 86 valence electrons. The van der Waals surface area contributed by atoms with Crippen LogP contribution in [-0.4, -0.2) is 28.7 Å². The minimum atomic E-state index is -0.212. The summed E-state index contributed by atoms with van der Waals surface area (Å²) in [7, 11) is 0. The number of hydrogen-bond acceptors (Lipinski definition) is 2. The average molecular weight is 348 g/mol. The monoisotopic (exact) mass is 346 g/mol. The molecule has 0 radical (unpaired) electrons. The minimum absolute atomic E-state index is 0.189. The van der Waals surface area contributed by atoms with E-state index in [4.69, 9.17) is 9.47 Å². The molecule has 6 saturated carbocycles. The van der Waals surface area contributed by atoms with Crippen molar-refractivity contribution in [3.63, 3.8) is 0 Å². The Morgan fingerprint density at radius 1 is 1.06 bits per heavy atom. The lowest BCUT2D eigenvalue weighted by Crippen LogP contribution is -2.50. The van der Waals surface area contributed by atoms with E-state index in [9.17, 15) is 0 Å². The summed E-state index contributed by atoms with van der Waals surface area (Å²) in [5.74, 6) is 5.01. The van der Waals surface area contributed by atoms with Gasteiger partial charge in [-0.05, 0) is 35.0 Å². The molecule has 0 aromatic rings. The third-order valence-electron chi connectivity index (χ3n) is 6.81. The van der Waals surface area contributed by atoms with E-state index in [1.807, 2.05) is 0 Å². The van der Waals surface area contributed by atoms with Crippen molar-refractivity contribution in [1.29, 1.82) is 0 Å². The fourth-order valence-corrected chi connectivity index (χ4v) is 9.76. The molecule has 2 bridgehead atoms. The Balaban J connectivity index is 1.63. The molecule has 0 amide bonds. The van der Waals surface area contributed by atoms with Crippen molar-refractivity contribution < 1.29 is 9.47 Å². The first-order valence-corrected chi connectivity index (χ1v) is 8.19. The highest BCUT2D eigenvalue weighted by Gasteiger charge is 3.08. The first-order valence-electron chi connectivity index (χ1n) is 6.28. The van der Waals surface area contributed by atoms with Gasteiger partial charge in [0.05, 0.1) is 17.5 Å². The molecule has 2 nitrogen and oxygen atoms in total. The first kappa shape index (κ1) is 8.89. The normalized spacial score (nSPS) is 77.6. The van der Waals surface area contributed by atoms with Crippen LogP contribution in [0.1, 0.15) is 0 Å². The summed E-state index contributed by atoms with van der Waals surface area (Å²) in [6.07, 6.45) is 0. The molecule has 8 atom stereocenters. The largest absolute Gasteiger partial charge is 0.346 e. The number of alkyl halides is 2. The molecule has 16 heavy (non-hydrogen) atoms. The van der Waals surface area contributed by atoms with Gasteiger partial charge in [-0.15, -0.1) is 0 Å². The van der Waals surface area contributed by atoms with Crippen LogP contribution in [-0.2, 0) is 9.47 Å². The molecule has 0 aromatic heterocycles. The molecule has 6 aliphatic carbocycles. The molecule has 7 rings (SSSR count). The summed E-state index contributed by atoms with van der Waals surface area (Å²) in [6.45, 7) is 1.60. The van der Waals surface area contributed by atoms with E-state index in [1.54, 1.807) is 0 Å². The van der Waals surface area contributed by atoms with Crippen LogP contribution in [0.5, 0.6) is 0 Å². The summed E-state index contributed by atoms with van der Waals surface area (Å²) in [5, 5.41) is 1.20. The third-order valence-corrected chi connectivity index (χ3v) is 9.35. The molecule has 0 N–H and O–H groups in total. The van der Waals surface area contributed by atoms with Crippen molar-refractivity contribution in [2.45, 2.75) is 10.1 Å². The Bertz CT molecular complexity index is 448. The Morgan fingerprint density at radius 3 is 2.25 bits per heavy atom. The molecule has 0 aromatic carbocycles. The Kier molecular flexibility index (Phi) is 1.11. The van der Waals surface area contributed by atoms with Crippen LogP contribution < -0.4 is 0 Å². The van der Waals surface area contributed by atoms with Crippen molar-refractivity contribution in [1.82, 2.24) is 0 Å². The third kappa shape index (κ3) is 0.473. The molecule has 1 spiro atoms. The second kappa shape index (κ2) is 2.00. The van der Waals surface area contributed by atoms with Gasteiger partial charge in [0.25, 0.3) is 0 Å². The van der Waals surface area contributed by atoms with E-state index in [2.05, 4.69) is 31.9 Å². The molecule has 4 heteroatoms. The summed E-state index contributed by atoms with van der Waals surface area (Å²) in [5.41, 5.74) is 0.643. The molecule has 7 aliphatic rings. The quantitative estimate of drug-likeness (QED) is 0.675. The van der Waals surface area contributed by atoms with E-state index < -0.39 is 0 Å². The van der Waals surface area contributed by atoms with E-state index in [0.29, 0.717) is 11.3 Å². The molecule has 0 unspecified atom stereocenters. The first-order chi connectivity index (χ1) is 7.75. The summed E-state index contributed by atoms with van der Waals surface area (Å²) >= 11 is 7.89. The predicted molar refractivity (Wildman–Crippen MR) is 63.5 cm³/mol. The van der Waals surface area contributed by atoms with Gasteiger partial charge in [-0.25, -0.2) is 0 Å². The molecule has 1 aliphatic heterocycles. The molecular weight excluding hydrogens is 336 g/mol. The molecule has 1 heterocycles. The topological polar surface area (TPSA) is 18.5 Å². The van der Waals surface area contributed by atoms with Crippen LogP contribution in [0, 0.1) is 40.9 Å².